The fraction of sp³-hybridized carbons (Fsp3) is 0.619. The highest BCUT2D eigenvalue weighted by Crippen LogP contribution is 2.19. The molecule has 5 nitrogen and oxygen atoms in total. The lowest BCUT2D eigenvalue weighted by Crippen LogP contribution is -2.45. The molecule has 150 valence electrons. The van der Waals surface area contributed by atoms with Gasteiger partial charge < -0.3 is 15.0 Å². The Kier molecular flexibility index (Phi) is 7.63. The number of hydrogen-bond donors (Lipinski definition) is 1. The van der Waals surface area contributed by atoms with Gasteiger partial charge in [-0.15, -0.1) is 0 Å². The molecule has 0 aromatic heterocycles. The summed E-state index contributed by atoms with van der Waals surface area (Å²) in [6, 6.07) is 6.29. The van der Waals surface area contributed by atoms with Gasteiger partial charge in [-0.05, 0) is 57.7 Å². The molecule has 6 heteroatoms. The van der Waals surface area contributed by atoms with Gasteiger partial charge in [-0.2, -0.15) is 0 Å². The first-order valence-corrected chi connectivity index (χ1v) is 9.75. The molecule has 0 radical (unpaired) electrons. The van der Waals surface area contributed by atoms with E-state index in [2.05, 4.69) is 5.32 Å². The molecule has 1 aliphatic heterocycles. The molecule has 2 rings (SSSR count). The first kappa shape index (κ1) is 21.2. The van der Waals surface area contributed by atoms with E-state index in [1.54, 1.807) is 17.0 Å². The zero-order valence-electron chi connectivity index (χ0n) is 16.6. The maximum atomic E-state index is 12.9. The first-order chi connectivity index (χ1) is 12.7. The molecule has 0 spiro atoms. The third kappa shape index (κ3) is 7.57. The Morgan fingerprint density at radius 3 is 2.56 bits per heavy atom. The highest BCUT2D eigenvalue weighted by molar-refractivity contribution is 5.79. The molecule has 1 saturated heterocycles. The summed E-state index contributed by atoms with van der Waals surface area (Å²) in [5.74, 6) is -0.529. The fourth-order valence-electron chi connectivity index (χ4n) is 3.15. The van der Waals surface area contributed by atoms with Gasteiger partial charge in [0.1, 0.15) is 11.4 Å². The van der Waals surface area contributed by atoms with Gasteiger partial charge in [0.25, 0.3) is 0 Å². The number of nitrogens with zero attached hydrogens (tertiary/aromatic N) is 1. The van der Waals surface area contributed by atoms with Crippen molar-refractivity contribution in [3.8, 4) is 0 Å². The minimum absolute atomic E-state index is 0.0347. The van der Waals surface area contributed by atoms with Crippen LogP contribution < -0.4 is 5.32 Å². The average Bonchev–Trinajstić information content (AvgIpc) is 2.54. The minimum atomic E-state index is -0.549. The summed E-state index contributed by atoms with van der Waals surface area (Å²) in [5, 5.41) is 2.96. The summed E-state index contributed by atoms with van der Waals surface area (Å²) in [5.41, 5.74) is 0.427. The Labute approximate surface area is 161 Å². The van der Waals surface area contributed by atoms with Gasteiger partial charge in [-0.1, -0.05) is 25.0 Å². The van der Waals surface area contributed by atoms with Crippen LogP contribution in [0.4, 0.5) is 9.18 Å². The maximum Gasteiger partial charge on any atom is 0.410 e. The van der Waals surface area contributed by atoms with Crippen LogP contribution in [0.5, 0.6) is 0 Å². The molecule has 27 heavy (non-hydrogen) atoms. The van der Waals surface area contributed by atoms with Crippen LogP contribution in [0.25, 0.3) is 0 Å². The second-order valence-electron chi connectivity index (χ2n) is 8.14. The largest absolute Gasteiger partial charge is 0.444 e. The van der Waals surface area contributed by atoms with E-state index in [1.807, 2.05) is 20.8 Å². The molecule has 1 N–H and O–H groups in total. The van der Waals surface area contributed by atoms with E-state index in [-0.39, 0.29) is 23.7 Å². The molecule has 0 aliphatic carbocycles. The molecule has 1 aromatic rings. The zero-order chi connectivity index (χ0) is 19.9. The summed E-state index contributed by atoms with van der Waals surface area (Å²) in [6.07, 6.45) is 3.97. The van der Waals surface area contributed by atoms with E-state index in [1.165, 1.54) is 12.1 Å². The number of ether oxygens (including phenoxy) is 1. The predicted molar refractivity (Wildman–Crippen MR) is 103 cm³/mol. The number of hydrogen-bond acceptors (Lipinski definition) is 3. The van der Waals surface area contributed by atoms with Gasteiger partial charge >= 0.3 is 6.09 Å². The van der Waals surface area contributed by atoms with Crippen molar-refractivity contribution in [2.24, 2.45) is 5.92 Å². The molecule has 1 heterocycles. The molecular formula is C21H31FN2O3. The monoisotopic (exact) mass is 378 g/mol. The Morgan fingerprint density at radius 1 is 1.19 bits per heavy atom. The summed E-state index contributed by atoms with van der Waals surface area (Å²) in [4.78, 5) is 26.7. The van der Waals surface area contributed by atoms with Gasteiger partial charge in [0.15, 0.2) is 0 Å². The highest BCUT2D eigenvalue weighted by Gasteiger charge is 2.28. The molecule has 1 aromatic carbocycles. The molecule has 2 amide bonds. The van der Waals surface area contributed by atoms with Crippen molar-refractivity contribution in [1.29, 1.82) is 0 Å². The summed E-state index contributed by atoms with van der Waals surface area (Å²) >= 11 is 0. The lowest BCUT2D eigenvalue weighted by atomic mass is 9.97. The molecule has 1 unspecified atom stereocenters. The Balaban J connectivity index is 1.88. The second-order valence-corrected chi connectivity index (χ2v) is 8.14. The van der Waals surface area contributed by atoms with Crippen molar-refractivity contribution < 1.29 is 18.7 Å². The summed E-state index contributed by atoms with van der Waals surface area (Å²) < 4.78 is 18.4. The van der Waals surface area contributed by atoms with Crippen LogP contribution >= 0.6 is 0 Å². The van der Waals surface area contributed by atoms with Crippen LogP contribution in [0.15, 0.2) is 24.3 Å². The number of amides is 2. The summed E-state index contributed by atoms with van der Waals surface area (Å²) in [7, 11) is 0. The maximum absolute atomic E-state index is 12.9. The van der Waals surface area contributed by atoms with E-state index in [0.29, 0.717) is 26.1 Å². The third-order valence-corrected chi connectivity index (χ3v) is 4.57. The Bertz CT molecular complexity index is 625. The number of nitrogens with one attached hydrogen (secondary N) is 1. The molecule has 0 saturated carbocycles. The number of carbonyl (C=O) groups is 2. The van der Waals surface area contributed by atoms with Crippen molar-refractivity contribution in [1.82, 2.24) is 10.2 Å². The first-order valence-electron chi connectivity index (χ1n) is 9.75. The van der Waals surface area contributed by atoms with Crippen LogP contribution in [0.3, 0.4) is 0 Å². The number of halogens is 1. The van der Waals surface area contributed by atoms with E-state index in [0.717, 1.165) is 31.2 Å². The van der Waals surface area contributed by atoms with Crippen LogP contribution in [-0.2, 0) is 16.0 Å². The van der Waals surface area contributed by atoms with Crippen molar-refractivity contribution >= 4 is 12.0 Å². The Hall–Kier alpha value is -2.11. The quantitative estimate of drug-likeness (QED) is 0.864. The van der Waals surface area contributed by atoms with Gasteiger partial charge in [0.05, 0.1) is 5.92 Å². The zero-order valence-corrected chi connectivity index (χ0v) is 16.6. The van der Waals surface area contributed by atoms with Gasteiger partial charge in [-0.3, -0.25) is 4.79 Å². The van der Waals surface area contributed by atoms with Gasteiger partial charge in [-0.25, -0.2) is 9.18 Å². The topological polar surface area (TPSA) is 58.6 Å². The summed E-state index contributed by atoms with van der Waals surface area (Å²) in [6.45, 7) is 7.02. The van der Waals surface area contributed by atoms with Crippen LogP contribution in [0, 0.1) is 11.7 Å². The number of likely N-dealkylation sites (tertiary alicyclic amines) is 1. The van der Waals surface area contributed by atoms with Crippen molar-refractivity contribution in [3.05, 3.63) is 35.6 Å². The van der Waals surface area contributed by atoms with Crippen molar-refractivity contribution in [2.75, 3.05) is 19.6 Å². The lowest BCUT2D eigenvalue weighted by Gasteiger charge is -2.31. The molecular weight excluding hydrogens is 347 g/mol. The number of benzene rings is 1. The SMILES string of the molecule is CC(C)(C)OC(=O)N1CCCCCC(C(=O)NCCc2ccc(F)cc2)C1. The van der Waals surface area contributed by atoms with Gasteiger partial charge in [0.2, 0.25) is 5.91 Å². The third-order valence-electron chi connectivity index (χ3n) is 4.57. The van der Waals surface area contributed by atoms with Crippen LogP contribution in [0.2, 0.25) is 0 Å². The minimum Gasteiger partial charge on any atom is -0.444 e. The highest BCUT2D eigenvalue weighted by atomic mass is 19.1. The second kappa shape index (κ2) is 9.72. The van der Waals surface area contributed by atoms with Crippen molar-refractivity contribution in [2.45, 2.75) is 58.5 Å². The number of carbonyl (C=O) groups excluding carboxylic acids is 2. The average molecular weight is 378 g/mol. The van der Waals surface area contributed by atoms with Crippen molar-refractivity contribution in [3.63, 3.8) is 0 Å². The van der Waals surface area contributed by atoms with Gasteiger partial charge in [0, 0.05) is 19.6 Å². The molecule has 1 atom stereocenters. The van der Waals surface area contributed by atoms with Crippen LogP contribution in [-0.4, -0.2) is 42.1 Å². The lowest BCUT2D eigenvalue weighted by molar-refractivity contribution is -0.125. The number of rotatable bonds is 4. The van der Waals surface area contributed by atoms with E-state index in [4.69, 9.17) is 4.74 Å². The normalized spacial score (nSPS) is 18.4. The molecule has 0 bridgehead atoms. The standard InChI is InChI=1S/C21H31FN2O3/c1-21(2,3)27-20(26)24-14-6-4-5-7-17(15-24)19(25)23-13-12-16-8-10-18(22)11-9-16/h8-11,17H,4-7,12-15H2,1-3H3,(H,23,25). The fourth-order valence-corrected chi connectivity index (χ4v) is 3.15. The molecule has 1 fully saturated rings. The van der Waals surface area contributed by atoms with Crippen LogP contribution in [0.1, 0.15) is 52.0 Å². The smallest absolute Gasteiger partial charge is 0.410 e. The van der Waals surface area contributed by atoms with E-state index >= 15 is 0 Å². The Morgan fingerprint density at radius 2 is 1.89 bits per heavy atom. The predicted octanol–water partition coefficient (Wildman–Crippen LogP) is 3.91. The van der Waals surface area contributed by atoms with E-state index in [9.17, 15) is 14.0 Å². The molecule has 1 aliphatic rings. The van der Waals surface area contributed by atoms with E-state index < -0.39 is 5.60 Å².